The number of ether oxygens (including phenoxy) is 2. The summed E-state index contributed by atoms with van der Waals surface area (Å²) in [6, 6.07) is 8.59. The Morgan fingerprint density at radius 3 is 2.22 bits per heavy atom. The van der Waals surface area contributed by atoms with Gasteiger partial charge in [0.05, 0.1) is 25.0 Å². The third-order valence-corrected chi connectivity index (χ3v) is 4.38. The average Bonchev–Trinajstić information content (AvgIpc) is 3.23. The van der Waals surface area contributed by atoms with Crippen LogP contribution in [0.15, 0.2) is 41.0 Å². The van der Waals surface area contributed by atoms with Gasteiger partial charge in [-0.05, 0) is 38.1 Å². The predicted octanol–water partition coefficient (Wildman–Crippen LogP) is 2.68. The van der Waals surface area contributed by atoms with Gasteiger partial charge in [0.1, 0.15) is 11.5 Å². The average molecular weight is 372 g/mol. The number of piperazine rings is 1. The van der Waals surface area contributed by atoms with Crippen molar-refractivity contribution in [3.8, 4) is 11.5 Å². The lowest BCUT2D eigenvalue weighted by Gasteiger charge is -2.34. The number of amides is 2. The largest absolute Gasteiger partial charge is 0.494 e. The van der Waals surface area contributed by atoms with E-state index in [1.54, 1.807) is 40.1 Å². The summed E-state index contributed by atoms with van der Waals surface area (Å²) < 4.78 is 16.3. The Balaban J connectivity index is 1.67. The lowest BCUT2D eigenvalue weighted by Crippen LogP contribution is -2.50. The first kappa shape index (κ1) is 18.8. The smallest absolute Gasteiger partial charge is 0.289 e. The molecule has 0 N–H and O–H groups in total. The normalized spacial score (nSPS) is 14.1. The molecule has 1 fully saturated rings. The second-order valence-electron chi connectivity index (χ2n) is 6.09. The highest BCUT2D eigenvalue weighted by Crippen LogP contribution is 2.27. The van der Waals surface area contributed by atoms with Crippen LogP contribution in [0.25, 0.3) is 0 Å². The number of rotatable bonds is 6. The molecule has 7 heteroatoms. The molecule has 1 saturated heterocycles. The first-order valence-corrected chi connectivity index (χ1v) is 9.15. The summed E-state index contributed by atoms with van der Waals surface area (Å²) in [6.07, 6.45) is 1.48. The molecule has 0 aliphatic carbocycles. The number of furan rings is 1. The number of carbonyl (C=O) groups excluding carboxylic acids is 2. The van der Waals surface area contributed by atoms with Crippen LogP contribution < -0.4 is 9.47 Å². The molecule has 2 aromatic rings. The summed E-state index contributed by atoms with van der Waals surface area (Å²) in [5.41, 5.74) is 0.506. The van der Waals surface area contributed by atoms with E-state index in [0.29, 0.717) is 62.2 Å². The van der Waals surface area contributed by atoms with Gasteiger partial charge >= 0.3 is 0 Å². The van der Waals surface area contributed by atoms with E-state index in [1.807, 2.05) is 13.8 Å². The van der Waals surface area contributed by atoms with Crippen molar-refractivity contribution in [2.75, 3.05) is 39.4 Å². The molecule has 0 spiro atoms. The number of hydrogen-bond donors (Lipinski definition) is 0. The van der Waals surface area contributed by atoms with Crippen molar-refractivity contribution >= 4 is 11.8 Å². The highest BCUT2D eigenvalue weighted by molar-refractivity contribution is 5.97. The van der Waals surface area contributed by atoms with Crippen LogP contribution in [0, 0.1) is 0 Å². The number of nitrogens with zero attached hydrogens (tertiary/aromatic N) is 2. The van der Waals surface area contributed by atoms with Gasteiger partial charge in [0, 0.05) is 32.2 Å². The van der Waals surface area contributed by atoms with E-state index in [2.05, 4.69) is 0 Å². The van der Waals surface area contributed by atoms with Crippen LogP contribution in [-0.2, 0) is 0 Å². The highest BCUT2D eigenvalue weighted by Gasteiger charge is 2.28. The lowest BCUT2D eigenvalue weighted by atomic mass is 10.1. The number of hydrogen-bond acceptors (Lipinski definition) is 5. The van der Waals surface area contributed by atoms with Crippen molar-refractivity contribution < 1.29 is 23.5 Å². The Labute approximate surface area is 158 Å². The van der Waals surface area contributed by atoms with Crippen LogP contribution in [0.5, 0.6) is 11.5 Å². The molecule has 7 nitrogen and oxygen atoms in total. The maximum Gasteiger partial charge on any atom is 0.289 e. The summed E-state index contributed by atoms with van der Waals surface area (Å²) in [7, 11) is 0. The molecular formula is C20H24N2O5. The molecule has 1 aliphatic heterocycles. The van der Waals surface area contributed by atoms with E-state index < -0.39 is 0 Å². The van der Waals surface area contributed by atoms with Crippen molar-refractivity contribution in [3.05, 3.63) is 47.9 Å². The van der Waals surface area contributed by atoms with Crippen molar-refractivity contribution in [2.24, 2.45) is 0 Å². The van der Waals surface area contributed by atoms with Gasteiger partial charge in [0.15, 0.2) is 5.76 Å². The lowest BCUT2D eigenvalue weighted by molar-refractivity contribution is 0.0516. The third kappa shape index (κ3) is 4.24. The van der Waals surface area contributed by atoms with Gasteiger partial charge in [-0.1, -0.05) is 0 Å². The summed E-state index contributed by atoms with van der Waals surface area (Å²) >= 11 is 0. The van der Waals surface area contributed by atoms with Crippen LogP contribution in [0.3, 0.4) is 0 Å². The Morgan fingerprint density at radius 1 is 0.963 bits per heavy atom. The SMILES string of the molecule is CCOc1ccc(C(=O)N2CCN(C(=O)c3ccco3)CC2)c(OCC)c1. The number of benzene rings is 1. The van der Waals surface area contributed by atoms with Gasteiger partial charge < -0.3 is 23.7 Å². The van der Waals surface area contributed by atoms with Crippen LogP contribution in [-0.4, -0.2) is 61.0 Å². The summed E-state index contributed by atoms with van der Waals surface area (Å²) in [6.45, 7) is 6.64. The zero-order chi connectivity index (χ0) is 19.2. The molecule has 1 aromatic heterocycles. The van der Waals surface area contributed by atoms with Crippen molar-refractivity contribution in [3.63, 3.8) is 0 Å². The van der Waals surface area contributed by atoms with Gasteiger partial charge in [-0.25, -0.2) is 0 Å². The fourth-order valence-electron chi connectivity index (χ4n) is 3.05. The Kier molecular flexibility index (Phi) is 6.01. The van der Waals surface area contributed by atoms with E-state index in [-0.39, 0.29) is 11.8 Å². The Hall–Kier alpha value is -2.96. The van der Waals surface area contributed by atoms with Crippen LogP contribution in [0.4, 0.5) is 0 Å². The van der Waals surface area contributed by atoms with Crippen LogP contribution >= 0.6 is 0 Å². The monoisotopic (exact) mass is 372 g/mol. The second kappa shape index (κ2) is 8.62. The molecule has 0 bridgehead atoms. The molecule has 0 saturated carbocycles. The molecule has 144 valence electrons. The standard InChI is InChI=1S/C20H24N2O5/c1-3-25-15-7-8-16(18(14-15)26-4-2)19(23)21-9-11-22(12-10-21)20(24)17-6-5-13-27-17/h5-8,13-14H,3-4,9-12H2,1-2H3. The first-order chi connectivity index (χ1) is 13.1. The quantitative estimate of drug-likeness (QED) is 0.780. The minimum Gasteiger partial charge on any atom is -0.494 e. The van der Waals surface area contributed by atoms with E-state index >= 15 is 0 Å². The minimum atomic E-state index is -0.150. The molecule has 1 aromatic carbocycles. The zero-order valence-electron chi connectivity index (χ0n) is 15.6. The fraction of sp³-hybridized carbons (Fsp3) is 0.400. The van der Waals surface area contributed by atoms with Crippen molar-refractivity contribution in [1.82, 2.24) is 9.80 Å². The zero-order valence-corrected chi connectivity index (χ0v) is 15.6. The number of carbonyl (C=O) groups is 2. The van der Waals surface area contributed by atoms with Gasteiger partial charge in [-0.15, -0.1) is 0 Å². The molecule has 2 amide bonds. The molecule has 0 atom stereocenters. The van der Waals surface area contributed by atoms with Gasteiger partial charge in [-0.2, -0.15) is 0 Å². The first-order valence-electron chi connectivity index (χ1n) is 9.15. The van der Waals surface area contributed by atoms with E-state index in [1.165, 1.54) is 6.26 Å². The molecule has 1 aliphatic rings. The molecule has 0 unspecified atom stereocenters. The second-order valence-corrected chi connectivity index (χ2v) is 6.09. The van der Waals surface area contributed by atoms with Crippen molar-refractivity contribution in [1.29, 1.82) is 0 Å². The molecular weight excluding hydrogens is 348 g/mol. The molecule has 0 radical (unpaired) electrons. The van der Waals surface area contributed by atoms with Gasteiger partial charge in [-0.3, -0.25) is 9.59 Å². The predicted molar refractivity (Wildman–Crippen MR) is 99.3 cm³/mol. The van der Waals surface area contributed by atoms with Gasteiger partial charge in [0.25, 0.3) is 11.8 Å². The Bertz CT molecular complexity index is 780. The van der Waals surface area contributed by atoms with E-state index in [9.17, 15) is 9.59 Å². The third-order valence-electron chi connectivity index (χ3n) is 4.38. The molecule has 2 heterocycles. The summed E-state index contributed by atoms with van der Waals surface area (Å²) in [4.78, 5) is 28.7. The van der Waals surface area contributed by atoms with E-state index in [4.69, 9.17) is 13.9 Å². The van der Waals surface area contributed by atoms with Gasteiger partial charge in [0.2, 0.25) is 0 Å². The minimum absolute atomic E-state index is 0.105. The maximum absolute atomic E-state index is 13.0. The van der Waals surface area contributed by atoms with Crippen molar-refractivity contribution in [2.45, 2.75) is 13.8 Å². The maximum atomic E-state index is 13.0. The molecule has 27 heavy (non-hydrogen) atoms. The summed E-state index contributed by atoms with van der Waals surface area (Å²) in [5, 5.41) is 0. The van der Waals surface area contributed by atoms with Crippen LogP contribution in [0.2, 0.25) is 0 Å². The molecule has 3 rings (SSSR count). The van der Waals surface area contributed by atoms with E-state index in [0.717, 1.165) is 0 Å². The van der Waals surface area contributed by atoms with Crippen LogP contribution in [0.1, 0.15) is 34.8 Å². The fourth-order valence-corrected chi connectivity index (χ4v) is 3.05. The highest BCUT2D eigenvalue weighted by atomic mass is 16.5. The topological polar surface area (TPSA) is 72.2 Å². The Morgan fingerprint density at radius 2 is 1.63 bits per heavy atom. The summed E-state index contributed by atoms with van der Waals surface area (Å²) in [5.74, 6) is 1.25.